The Morgan fingerprint density at radius 1 is 1.10 bits per heavy atom. The lowest BCUT2D eigenvalue weighted by molar-refractivity contribution is 0.0200. The summed E-state index contributed by atoms with van der Waals surface area (Å²) in [6, 6.07) is 2.06. The van der Waals surface area contributed by atoms with Gasteiger partial charge in [0.05, 0.1) is 6.61 Å². The number of hydrogen-bond donors (Lipinski definition) is 1. The van der Waals surface area contributed by atoms with Crippen LogP contribution in [0.2, 0.25) is 0 Å². The Morgan fingerprint density at radius 3 is 2.50 bits per heavy atom. The zero-order valence-corrected chi connectivity index (χ0v) is 13.3. The molecule has 3 aliphatic rings. The van der Waals surface area contributed by atoms with Crippen molar-refractivity contribution in [1.82, 2.24) is 10.2 Å². The van der Waals surface area contributed by atoms with Gasteiger partial charge in [-0.2, -0.15) is 0 Å². The van der Waals surface area contributed by atoms with Crippen LogP contribution in [0.5, 0.6) is 0 Å². The lowest BCUT2D eigenvalue weighted by Gasteiger charge is -2.46. The van der Waals surface area contributed by atoms with Crippen LogP contribution in [-0.4, -0.2) is 49.8 Å². The van der Waals surface area contributed by atoms with E-state index in [9.17, 15) is 0 Å². The Morgan fingerprint density at radius 2 is 1.85 bits per heavy atom. The van der Waals surface area contributed by atoms with Gasteiger partial charge in [0.1, 0.15) is 0 Å². The van der Waals surface area contributed by atoms with Crippen LogP contribution in [0.25, 0.3) is 0 Å². The number of nitrogens with one attached hydrogen (secondary N) is 1. The molecule has 2 aliphatic carbocycles. The molecule has 3 nitrogen and oxygen atoms in total. The first kappa shape index (κ1) is 14.8. The van der Waals surface area contributed by atoms with E-state index in [1.807, 2.05) is 7.11 Å². The normalized spacial score (nSPS) is 35.1. The van der Waals surface area contributed by atoms with Crippen molar-refractivity contribution < 1.29 is 4.74 Å². The number of piperazine rings is 1. The number of nitrogens with zero attached hydrogens (tertiary/aromatic N) is 1. The molecule has 0 radical (unpaired) electrons. The van der Waals surface area contributed by atoms with Gasteiger partial charge >= 0.3 is 0 Å². The van der Waals surface area contributed by atoms with E-state index in [0.717, 1.165) is 30.5 Å². The third-order valence-corrected chi connectivity index (χ3v) is 5.78. The predicted octanol–water partition coefficient (Wildman–Crippen LogP) is 2.65. The maximum atomic E-state index is 5.42. The van der Waals surface area contributed by atoms with Crippen LogP contribution in [0.3, 0.4) is 0 Å². The second kappa shape index (κ2) is 6.76. The molecule has 1 heterocycles. The highest BCUT2D eigenvalue weighted by molar-refractivity contribution is 4.98. The second-order valence-corrected chi connectivity index (χ2v) is 7.32. The Balaban J connectivity index is 1.62. The van der Waals surface area contributed by atoms with Gasteiger partial charge in [-0.05, 0) is 44.4 Å². The second-order valence-electron chi connectivity index (χ2n) is 7.32. The van der Waals surface area contributed by atoms with Crippen LogP contribution < -0.4 is 5.32 Å². The summed E-state index contributed by atoms with van der Waals surface area (Å²) in [5.74, 6) is 1.87. The number of rotatable bonds is 5. The van der Waals surface area contributed by atoms with Gasteiger partial charge in [-0.1, -0.05) is 19.3 Å². The molecule has 0 aromatic rings. The molecule has 1 aliphatic heterocycles. The predicted molar refractivity (Wildman–Crippen MR) is 82.9 cm³/mol. The van der Waals surface area contributed by atoms with Crippen LogP contribution in [-0.2, 0) is 4.74 Å². The fourth-order valence-electron chi connectivity index (χ4n) is 4.43. The molecular formula is C17H32N2O. The maximum Gasteiger partial charge on any atom is 0.0615 e. The molecule has 1 saturated heterocycles. The summed E-state index contributed by atoms with van der Waals surface area (Å²) in [7, 11) is 1.84. The quantitative estimate of drug-likeness (QED) is 0.838. The lowest BCUT2D eigenvalue weighted by atomic mass is 9.82. The molecule has 3 unspecified atom stereocenters. The van der Waals surface area contributed by atoms with Gasteiger partial charge in [0, 0.05) is 38.3 Å². The van der Waals surface area contributed by atoms with Crippen molar-refractivity contribution in [3.05, 3.63) is 0 Å². The third-order valence-electron chi connectivity index (χ3n) is 5.78. The summed E-state index contributed by atoms with van der Waals surface area (Å²) >= 11 is 0. The minimum absolute atomic E-state index is 0.568. The molecule has 3 heteroatoms. The van der Waals surface area contributed by atoms with Crippen molar-refractivity contribution in [3.63, 3.8) is 0 Å². The van der Waals surface area contributed by atoms with Crippen molar-refractivity contribution in [2.75, 3.05) is 26.8 Å². The molecule has 3 rings (SSSR count). The van der Waals surface area contributed by atoms with Gasteiger partial charge in [-0.15, -0.1) is 0 Å². The highest BCUT2D eigenvalue weighted by atomic mass is 16.5. The first-order valence-corrected chi connectivity index (χ1v) is 8.77. The highest BCUT2D eigenvalue weighted by Gasteiger charge is 2.41. The summed E-state index contributed by atoms with van der Waals surface area (Å²) in [6.45, 7) is 5.68. The van der Waals surface area contributed by atoms with Gasteiger partial charge in [-0.25, -0.2) is 0 Å². The van der Waals surface area contributed by atoms with Crippen molar-refractivity contribution in [2.24, 2.45) is 11.8 Å². The summed E-state index contributed by atoms with van der Waals surface area (Å²) in [5.41, 5.74) is 0. The van der Waals surface area contributed by atoms with E-state index in [1.54, 1.807) is 0 Å². The van der Waals surface area contributed by atoms with Crippen molar-refractivity contribution >= 4 is 0 Å². The van der Waals surface area contributed by atoms with E-state index in [0.29, 0.717) is 6.04 Å². The zero-order valence-electron chi connectivity index (χ0n) is 13.3. The zero-order chi connectivity index (χ0) is 13.9. The van der Waals surface area contributed by atoms with Gasteiger partial charge in [0.2, 0.25) is 0 Å². The average molecular weight is 280 g/mol. The number of hydrogen-bond acceptors (Lipinski definition) is 3. The van der Waals surface area contributed by atoms with E-state index in [-0.39, 0.29) is 0 Å². The van der Waals surface area contributed by atoms with E-state index in [1.165, 1.54) is 58.0 Å². The molecule has 0 aromatic carbocycles. The molecule has 20 heavy (non-hydrogen) atoms. The monoisotopic (exact) mass is 280 g/mol. The average Bonchev–Trinajstić information content (AvgIpc) is 3.32. The van der Waals surface area contributed by atoms with Crippen LogP contribution in [0.15, 0.2) is 0 Å². The maximum absolute atomic E-state index is 5.42. The minimum atomic E-state index is 0.568. The fraction of sp³-hybridized carbons (Fsp3) is 1.00. The van der Waals surface area contributed by atoms with E-state index < -0.39 is 0 Å². The molecule has 1 N–H and O–H groups in total. The number of methoxy groups -OCH3 is 1. The SMILES string of the molecule is COCC(C)N1CC(C2CCCCC2)NCC1C1CC1. The van der Waals surface area contributed by atoms with E-state index in [2.05, 4.69) is 17.1 Å². The lowest BCUT2D eigenvalue weighted by Crippen LogP contribution is -2.62. The van der Waals surface area contributed by atoms with E-state index >= 15 is 0 Å². The summed E-state index contributed by atoms with van der Waals surface area (Å²) in [4.78, 5) is 2.77. The Hall–Kier alpha value is -0.120. The Bertz CT molecular complexity index is 299. The van der Waals surface area contributed by atoms with Gasteiger partial charge in [0.25, 0.3) is 0 Å². The van der Waals surface area contributed by atoms with Crippen LogP contribution >= 0.6 is 0 Å². The molecule has 3 fully saturated rings. The van der Waals surface area contributed by atoms with E-state index in [4.69, 9.17) is 4.74 Å². The topological polar surface area (TPSA) is 24.5 Å². The van der Waals surface area contributed by atoms with Crippen molar-refractivity contribution in [2.45, 2.75) is 70.0 Å². The molecule has 3 atom stereocenters. The summed E-state index contributed by atoms with van der Waals surface area (Å²) in [5, 5.41) is 3.90. The first-order valence-electron chi connectivity index (χ1n) is 8.77. The molecule has 0 amide bonds. The standard InChI is InChI=1S/C17H32N2O/c1-13(12-20-2)19-11-16(14-6-4-3-5-7-14)18-10-17(19)15-8-9-15/h13-18H,3-12H2,1-2H3. The molecular weight excluding hydrogens is 248 g/mol. The molecule has 116 valence electrons. The summed E-state index contributed by atoms with van der Waals surface area (Å²) in [6.07, 6.45) is 10.1. The highest BCUT2D eigenvalue weighted by Crippen LogP contribution is 2.38. The first-order chi connectivity index (χ1) is 9.79. The van der Waals surface area contributed by atoms with Gasteiger partial charge in [0.15, 0.2) is 0 Å². The summed E-state index contributed by atoms with van der Waals surface area (Å²) < 4.78 is 5.42. The smallest absolute Gasteiger partial charge is 0.0615 e. The van der Waals surface area contributed by atoms with Gasteiger partial charge < -0.3 is 10.1 Å². The molecule has 0 spiro atoms. The minimum Gasteiger partial charge on any atom is -0.383 e. The molecule has 0 aromatic heterocycles. The van der Waals surface area contributed by atoms with Crippen LogP contribution in [0.4, 0.5) is 0 Å². The Labute approximate surface area is 124 Å². The van der Waals surface area contributed by atoms with Crippen LogP contribution in [0, 0.1) is 11.8 Å². The van der Waals surface area contributed by atoms with Crippen LogP contribution in [0.1, 0.15) is 51.9 Å². The van der Waals surface area contributed by atoms with Crippen molar-refractivity contribution in [3.8, 4) is 0 Å². The fourth-order valence-corrected chi connectivity index (χ4v) is 4.43. The largest absolute Gasteiger partial charge is 0.383 e. The Kier molecular flexibility index (Phi) is 5.00. The molecule has 2 saturated carbocycles. The van der Waals surface area contributed by atoms with Gasteiger partial charge in [-0.3, -0.25) is 4.90 Å². The van der Waals surface area contributed by atoms with Crippen molar-refractivity contribution in [1.29, 1.82) is 0 Å². The number of ether oxygens (including phenoxy) is 1. The third kappa shape index (κ3) is 3.37. The molecule has 0 bridgehead atoms.